The number of carbonyl (C=O) groups excluding carboxylic acids is 2. The molecular weight excluding hydrogens is 256 g/mol. The van der Waals surface area contributed by atoms with Crippen LogP contribution in [0.4, 0.5) is 5.69 Å². The minimum atomic E-state index is -0.528. The molecule has 0 aliphatic rings. The standard InChI is InChI=1S/C12H15ClN2O3/c1-8(12(17)18-2)14-7-11(16)15-10-5-3-4-9(13)6-10/h3-6,8,14H,7H2,1-2H3,(H,15,16). The second-order valence-electron chi connectivity index (χ2n) is 3.68. The van der Waals surface area contributed by atoms with Crippen LogP contribution in [-0.2, 0) is 14.3 Å². The Morgan fingerprint density at radius 2 is 2.17 bits per heavy atom. The van der Waals surface area contributed by atoms with Crippen molar-refractivity contribution in [3.05, 3.63) is 29.3 Å². The minimum Gasteiger partial charge on any atom is -0.468 e. The van der Waals surface area contributed by atoms with Gasteiger partial charge in [-0.1, -0.05) is 17.7 Å². The van der Waals surface area contributed by atoms with Gasteiger partial charge in [0.1, 0.15) is 6.04 Å². The summed E-state index contributed by atoms with van der Waals surface area (Å²) in [6.45, 7) is 1.64. The van der Waals surface area contributed by atoms with Crippen molar-refractivity contribution >= 4 is 29.2 Å². The number of rotatable bonds is 5. The number of anilines is 1. The molecule has 1 unspecified atom stereocenters. The third kappa shape index (κ3) is 4.73. The number of benzene rings is 1. The minimum absolute atomic E-state index is 0.0166. The van der Waals surface area contributed by atoms with Crippen molar-refractivity contribution in [2.45, 2.75) is 13.0 Å². The van der Waals surface area contributed by atoms with Gasteiger partial charge in [0.25, 0.3) is 0 Å². The molecule has 0 aliphatic heterocycles. The molecule has 0 radical (unpaired) electrons. The molecule has 0 saturated heterocycles. The zero-order chi connectivity index (χ0) is 13.5. The summed E-state index contributed by atoms with van der Waals surface area (Å²) >= 11 is 5.79. The number of hydrogen-bond acceptors (Lipinski definition) is 4. The molecule has 0 heterocycles. The molecule has 1 aromatic carbocycles. The van der Waals surface area contributed by atoms with Gasteiger partial charge in [0.15, 0.2) is 0 Å². The van der Waals surface area contributed by atoms with Crippen LogP contribution in [0, 0.1) is 0 Å². The van der Waals surface area contributed by atoms with Gasteiger partial charge in [-0.3, -0.25) is 14.9 Å². The maximum atomic E-state index is 11.6. The summed E-state index contributed by atoms with van der Waals surface area (Å²) in [5.41, 5.74) is 0.611. The first kappa shape index (κ1) is 14.5. The normalized spacial score (nSPS) is 11.7. The third-order valence-electron chi connectivity index (χ3n) is 2.23. The summed E-state index contributed by atoms with van der Waals surface area (Å²) in [6.07, 6.45) is 0. The Balaban J connectivity index is 2.41. The monoisotopic (exact) mass is 270 g/mol. The van der Waals surface area contributed by atoms with E-state index in [1.807, 2.05) is 0 Å². The van der Waals surface area contributed by atoms with Crippen LogP contribution in [0.15, 0.2) is 24.3 Å². The molecule has 2 N–H and O–H groups in total. The number of hydrogen-bond donors (Lipinski definition) is 2. The average Bonchev–Trinajstić information content (AvgIpc) is 2.35. The number of methoxy groups -OCH3 is 1. The number of nitrogens with one attached hydrogen (secondary N) is 2. The van der Waals surface area contributed by atoms with Gasteiger partial charge in [-0.2, -0.15) is 0 Å². The highest BCUT2D eigenvalue weighted by molar-refractivity contribution is 6.30. The molecule has 0 saturated carbocycles. The highest BCUT2D eigenvalue weighted by atomic mass is 35.5. The average molecular weight is 271 g/mol. The Morgan fingerprint density at radius 3 is 2.78 bits per heavy atom. The molecule has 0 bridgehead atoms. The molecule has 18 heavy (non-hydrogen) atoms. The van der Waals surface area contributed by atoms with Crippen molar-refractivity contribution in [2.75, 3.05) is 19.0 Å². The van der Waals surface area contributed by atoms with Crippen molar-refractivity contribution in [1.29, 1.82) is 0 Å². The van der Waals surface area contributed by atoms with Crippen LogP contribution in [0.1, 0.15) is 6.92 Å². The molecular formula is C12H15ClN2O3. The second-order valence-corrected chi connectivity index (χ2v) is 4.12. The van der Waals surface area contributed by atoms with Crippen LogP contribution >= 0.6 is 11.6 Å². The summed E-state index contributed by atoms with van der Waals surface area (Å²) in [7, 11) is 1.30. The molecule has 1 aromatic rings. The van der Waals surface area contributed by atoms with E-state index in [9.17, 15) is 9.59 Å². The fourth-order valence-corrected chi connectivity index (χ4v) is 1.47. The molecule has 98 valence electrons. The van der Waals surface area contributed by atoms with E-state index in [0.29, 0.717) is 10.7 Å². The zero-order valence-electron chi connectivity index (χ0n) is 10.2. The Morgan fingerprint density at radius 1 is 1.44 bits per heavy atom. The van der Waals surface area contributed by atoms with E-state index in [1.54, 1.807) is 31.2 Å². The fourth-order valence-electron chi connectivity index (χ4n) is 1.28. The summed E-state index contributed by atoms with van der Waals surface area (Å²) < 4.78 is 4.53. The quantitative estimate of drug-likeness (QED) is 0.795. The third-order valence-corrected chi connectivity index (χ3v) is 2.47. The van der Waals surface area contributed by atoms with Crippen molar-refractivity contribution in [3.63, 3.8) is 0 Å². The highest BCUT2D eigenvalue weighted by Gasteiger charge is 2.13. The van der Waals surface area contributed by atoms with E-state index in [2.05, 4.69) is 15.4 Å². The number of amides is 1. The largest absolute Gasteiger partial charge is 0.468 e. The van der Waals surface area contributed by atoms with Gasteiger partial charge < -0.3 is 10.1 Å². The van der Waals surface area contributed by atoms with E-state index in [0.717, 1.165) is 0 Å². The predicted octanol–water partition coefficient (Wildman–Crippen LogP) is 1.43. The SMILES string of the molecule is COC(=O)C(C)NCC(=O)Nc1cccc(Cl)c1. The number of halogens is 1. The second kappa shape index (κ2) is 6.98. The lowest BCUT2D eigenvalue weighted by Crippen LogP contribution is -2.39. The van der Waals surface area contributed by atoms with Crippen LogP contribution in [0.25, 0.3) is 0 Å². The highest BCUT2D eigenvalue weighted by Crippen LogP contribution is 2.14. The fraction of sp³-hybridized carbons (Fsp3) is 0.333. The Kier molecular flexibility index (Phi) is 5.61. The molecule has 0 fully saturated rings. The molecule has 5 nitrogen and oxygen atoms in total. The molecule has 0 aromatic heterocycles. The van der Waals surface area contributed by atoms with Crippen LogP contribution in [0.5, 0.6) is 0 Å². The lowest BCUT2D eigenvalue weighted by Gasteiger charge is -2.11. The molecule has 1 amide bonds. The first-order valence-electron chi connectivity index (χ1n) is 5.39. The lowest BCUT2D eigenvalue weighted by molar-refractivity contribution is -0.142. The lowest BCUT2D eigenvalue weighted by atomic mass is 10.3. The van der Waals surface area contributed by atoms with Crippen LogP contribution in [-0.4, -0.2) is 31.6 Å². The van der Waals surface area contributed by atoms with E-state index in [4.69, 9.17) is 11.6 Å². The summed E-state index contributed by atoms with van der Waals surface area (Å²) in [5.74, 6) is -0.668. The van der Waals surface area contributed by atoms with Crippen molar-refractivity contribution < 1.29 is 14.3 Å². The number of esters is 1. The molecule has 1 rings (SSSR count). The smallest absolute Gasteiger partial charge is 0.322 e. The van der Waals surface area contributed by atoms with Crippen LogP contribution in [0.3, 0.4) is 0 Å². The van der Waals surface area contributed by atoms with E-state index >= 15 is 0 Å². The van der Waals surface area contributed by atoms with Gasteiger partial charge in [-0.25, -0.2) is 0 Å². The van der Waals surface area contributed by atoms with Gasteiger partial charge in [0.2, 0.25) is 5.91 Å². The maximum absolute atomic E-state index is 11.6. The van der Waals surface area contributed by atoms with Crippen molar-refractivity contribution in [1.82, 2.24) is 5.32 Å². The van der Waals surface area contributed by atoms with E-state index < -0.39 is 12.0 Å². The molecule has 0 aliphatic carbocycles. The van der Waals surface area contributed by atoms with Gasteiger partial charge in [-0.15, -0.1) is 0 Å². The zero-order valence-corrected chi connectivity index (χ0v) is 11.0. The topological polar surface area (TPSA) is 67.4 Å². The van der Waals surface area contributed by atoms with Gasteiger partial charge >= 0.3 is 5.97 Å². The number of ether oxygens (including phenoxy) is 1. The molecule has 0 spiro atoms. The molecule has 1 atom stereocenters. The predicted molar refractivity (Wildman–Crippen MR) is 69.6 cm³/mol. The summed E-state index contributed by atoms with van der Waals surface area (Å²) in [6, 6.07) is 6.30. The maximum Gasteiger partial charge on any atom is 0.322 e. The first-order chi connectivity index (χ1) is 8.52. The van der Waals surface area contributed by atoms with Gasteiger partial charge in [0, 0.05) is 10.7 Å². The van der Waals surface area contributed by atoms with Gasteiger partial charge in [0.05, 0.1) is 13.7 Å². The van der Waals surface area contributed by atoms with E-state index in [1.165, 1.54) is 7.11 Å². The van der Waals surface area contributed by atoms with Gasteiger partial charge in [-0.05, 0) is 25.1 Å². The summed E-state index contributed by atoms with van der Waals surface area (Å²) in [4.78, 5) is 22.7. The Labute approximate surface area is 110 Å². The number of carbonyl (C=O) groups is 2. The Hall–Kier alpha value is -1.59. The van der Waals surface area contributed by atoms with Crippen molar-refractivity contribution in [2.24, 2.45) is 0 Å². The van der Waals surface area contributed by atoms with Crippen molar-refractivity contribution in [3.8, 4) is 0 Å². The van der Waals surface area contributed by atoms with Crippen LogP contribution in [0.2, 0.25) is 5.02 Å². The summed E-state index contributed by atoms with van der Waals surface area (Å²) in [5, 5.41) is 5.95. The Bertz CT molecular complexity index is 437. The van der Waals surface area contributed by atoms with E-state index in [-0.39, 0.29) is 12.5 Å². The van der Waals surface area contributed by atoms with Crippen LogP contribution < -0.4 is 10.6 Å². The molecule has 6 heteroatoms. The first-order valence-corrected chi connectivity index (χ1v) is 5.77.